The molecule has 0 aliphatic carbocycles. The predicted molar refractivity (Wildman–Crippen MR) is 58.7 cm³/mol. The Labute approximate surface area is 91.2 Å². The molecular weight excluding hydrogens is 219 g/mol. The Morgan fingerprint density at radius 1 is 1.27 bits per heavy atom. The molecule has 0 rings (SSSR count). The monoisotopic (exact) mass is 240 g/mol. The molecule has 5 nitrogen and oxygen atoms in total. The zero-order valence-electron chi connectivity index (χ0n) is 9.64. The van der Waals surface area contributed by atoms with Crippen LogP contribution in [0.25, 0.3) is 0 Å². The van der Waals surface area contributed by atoms with Gasteiger partial charge in [0.25, 0.3) is 0 Å². The second-order valence-electron chi connectivity index (χ2n) is 3.25. The van der Waals surface area contributed by atoms with E-state index in [1.54, 1.807) is 14.0 Å². The normalized spacial score (nSPS) is 17.3. The largest absolute Gasteiger partial charge is 0.388 e. The maximum absolute atomic E-state index is 12.0. The zero-order valence-corrected chi connectivity index (χ0v) is 10.5. The molecule has 92 valence electrons. The fraction of sp³-hybridized carbons (Fsp3) is 1.00. The van der Waals surface area contributed by atoms with Gasteiger partial charge in [-0.05, 0) is 0 Å². The second-order valence-corrected chi connectivity index (χ2v) is 6.22. The number of hydrogen-bond acceptors (Lipinski definition) is 5. The highest BCUT2D eigenvalue weighted by atomic mass is 31.2. The van der Waals surface area contributed by atoms with Gasteiger partial charge in [-0.25, -0.2) is 0 Å². The maximum Gasteiger partial charge on any atom is 0.205 e. The Morgan fingerprint density at radius 2 is 1.93 bits per heavy atom. The SMILES string of the molecule is CCP(=O)(CCOC)OCC(O)COC. The van der Waals surface area contributed by atoms with E-state index in [0.29, 0.717) is 18.9 Å². The molecule has 0 spiro atoms. The molecular formula is C9H21O5P. The molecule has 0 heterocycles. The lowest BCUT2D eigenvalue weighted by Crippen LogP contribution is -2.21. The molecule has 0 aromatic rings. The van der Waals surface area contributed by atoms with Crippen molar-refractivity contribution < 1.29 is 23.7 Å². The van der Waals surface area contributed by atoms with Gasteiger partial charge in [0.15, 0.2) is 0 Å². The molecule has 15 heavy (non-hydrogen) atoms. The second kappa shape index (κ2) is 8.25. The molecule has 6 heteroatoms. The summed E-state index contributed by atoms with van der Waals surface area (Å²) in [5, 5.41) is 9.33. The lowest BCUT2D eigenvalue weighted by Gasteiger charge is -2.18. The maximum atomic E-state index is 12.0. The Bertz CT molecular complexity index is 197. The summed E-state index contributed by atoms with van der Waals surface area (Å²) in [5.74, 6) is 0. The van der Waals surface area contributed by atoms with Crippen LogP contribution < -0.4 is 0 Å². The van der Waals surface area contributed by atoms with Crippen molar-refractivity contribution in [1.29, 1.82) is 0 Å². The standard InChI is InChI=1S/C9H21O5P/c1-4-15(11,6-5-12-2)14-8-9(10)7-13-3/h9-10H,4-8H2,1-3H3. The summed E-state index contributed by atoms with van der Waals surface area (Å²) in [5.41, 5.74) is 0. The zero-order chi connectivity index (χ0) is 11.7. The van der Waals surface area contributed by atoms with Crippen LogP contribution in [0.15, 0.2) is 0 Å². The molecule has 0 aliphatic heterocycles. The molecule has 0 bridgehead atoms. The molecule has 1 N–H and O–H groups in total. The first-order valence-electron chi connectivity index (χ1n) is 4.96. The van der Waals surface area contributed by atoms with Gasteiger partial charge < -0.3 is 19.1 Å². The summed E-state index contributed by atoms with van der Waals surface area (Å²) in [6.45, 7) is 2.45. The number of ether oxygens (including phenoxy) is 2. The minimum atomic E-state index is -2.63. The summed E-state index contributed by atoms with van der Waals surface area (Å²) in [7, 11) is 0.414. The van der Waals surface area contributed by atoms with Crippen molar-refractivity contribution in [3.05, 3.63) is 0 Å². The van der Waals surface area contributed by atoms with Gasteiger partial charge in [0, 0.05) is 26.5 Å². The Morgan fingerprint density at radius 3 is 2.40 bits per heavy atom. The summed E-state index contributed by atoms with van der Waals surface area (Å²) in [4.78, 5) is 0. The molecule has 0 fully saturated rings. The van der Waals surface area contributed by atoms with Crippen molar-refractivity contribution in [3.63, 3.8) is 0 Å². The van der Waals surface area contributed by atoms with Gasteiger partial charge in [-0.1, -0.05) is 6.92 Å². The highest BCUT2D eigenvalue weighted by Gasteiger charge is 2.21. The van der Waals surface area contributed by atoms with E-state index in [0.717, 1.165) is 0 Å². The number of aliphatic hydroxyl groups is 1. The summed E-state index contributed by atoms with van der Waals surface area (Å²) in [6, 6.07) is 0. The summed E-state index contributed by atoms with van der Waals surface area (Å²) >= 11 is 0. The van der Waals surface area contributed by atoms with Crippen LogP contribution in [0.4, 0.5) is 0 Å². The number of aliphatic hydroxyl groups excluding tert-OH is 1. The minimum absolute atomic E-state index is 0.0443. The molecule has 2 unspecified atom stereocenters. The van der Waals surface area contributed by atoms with Crippen molar-refractivity contribution in [1.82, 2.24) is 0 Å². The molecule has 0 saturated heterocycles. The quantitative estimate of drug-likeness (QED) is 0.608. The van der Waals surface area contributed by atoms with E-state index >= 15 is 0 Å². The van der Waals surface area contributed by atoms with E-state index in [-0.39, 0.29) is 13.2 Å². The Hall–Kier alpha value is 0.0700. The third kappa shape index (κ3) is 7.03. The van der Waals surface area contributed by atoms with Crippen molar-refractivity contribution in [2.75, 3.05) is 46.4 Å². The van der Waals surface area contributed by atoms with Crippen LogP contribution in [0.5, 0.6) is 0 Å². The van der Waals surface area contributed by atoms with Crippen LogP contribution in [0.2, 0.25) is 0 Å². The number of methoxy groups -OCH3 is 2. The van der Waals surface area contributed by atoms with E-state index < -0.39 is 13.5 Å². The van der Waals surface area contributed by atoms with Crippen molar-refractivity contribution >= 4 is 7.37 Å². The van der Waals surface area contributed by atoms with E-state index in [2.05, 4.69) is 0 Å². The van der Waals surface area contributed by atoms with Gasteiger partial charge in [-0.15, -0.1) is 0 Å². The Kier molecular flexibility index (Phi) is 8.29. The number of hydrogen-bond donors (Lipinski definition) is 1. The lowest BCUT2D eigenvalue weighted by molar-refractivity contribution is 0.0330. The topological polar surface area (TPSA) is 65.0 Å². The average molecular weight is 240 g/mol. The van der Waals surface area contributed by atoms with E-state index in [4.69, 9.17) is 14.0 Å². The van der Waals surface area contributed by atoms with Crippen LogP contribution in [-0.4, -0.2) is 57.6 Å². The Balaban J connectivity index is 3.91. The molecule has 0 radical (unpaired) electrons. The van der Waals surface area contributed by atoms with Crippen LogP contribution in [0, 0.1) is 0 Å². The van der Waals surface area contributed by atoms with Crippen molar-refractivity contribution in [2.45, 2.75) is 13.0 Å². The minimum Gasteiger partial charge on any atom is -0.388 e. The first-order chi connectivity index (χ1) is 7.08. The first kappa shape index (κ1) is 15.1. The van der Waals surface area contributed by atoms with Gasteiger partial charge >= 0.3 is 0 Å². The first-order valence-corrected chi connectivity index (χ1v) is 6.96. The fourth-order valence-corrected chi connectivity index (χ4v) is 2.54. The number of rotatable bonds is 9. The summed E-state index contributed by atoms with van der Waals surface area (Å²) in [6.07, 6.45) is 0.118. The average Bonchev–Trinajstić information content (AvgIpc) is 2.24. The van der Waals surface area contributed by atoms with Crippen LogP contribution in [0.3, 0.4) is 0 Å². The van der Waals surface area contributed by atoms with Crippen molar-refractivity contribution in [3.8, 4) is 0 Å². The molecule has 0 aromatic carbocycles. The van der Waals surface area contributed by atoms with Gasteiger partial charge in [0.1, 0.15) is 6.10 Å². The fourth-order valence-electron chi connectivity index (χ4n) is 1.01. The van der Waals surface area contributed by atoms with Gasteiger partial charge in [0.2, 0.25) is 7.37 Å². The molecule has 0 amide bonds. The molecule has 0 aliphatic rings. The molecule has 0 saturated carbocycles. The van der Waals surface area contributed by atoms with Crippen molar-refractivity contribution in [2.24, 2.45) is 0 Å². The third-order valence-corrected chi connectivity index (χ3v) is 4.43. The van der Waals surface area contributed by atoms with Gasteiger partial charge in [-0.3, -0.25) is 4.57 Å². The van der Waals surface area contributed by atoms with Crippen LogP contribution >= 0.6 is 7.37 Å². The van der Waals surface area contributed by atoms with Crippen LogP contribution in [-0.2, 0) is 18.6 Å². The van der Waals surface area contributed by atoms with E-state index in [9.17, 15) is 9.67 Å². The molecule has 0 aromatic heterocycles. The predicted octanol–water partition coefficient (Wildman–Crippen LogP) is 0.955. The smallest absolute Gasteiger partial charge is 0.205 e. The third-order valence-electron chi connectivity index (χ3n) is 1.98. The van der Waals surface area contributed by atoms with E-state index in [1.165, 1.54) is 7.11 Å². The van der Waals surface area contributed by atoms with Gasteiger partial charge in [-0.2, -0.15) is 0 Å². The summed E-state index contributed by atoms with van der Waals surface area (Å²) < 4.78 is 26.8. The lowest BCUT2D eigenvalue weighted by atomic mass is 10.4. The van der Waals surface area contributed by atoms with E-state index in [1.807, 2.05) is 0 Å². The molecule has 2 atom stereocenters. The highest BCUT2D eigenvalue weighted by molar-refractivity contribution is 7.58. The van der Waals surface area contributed by atoms with Crippen LogP contribution in [0.1, 0.15) is 6.92 Å². The van der Waals surface area contributed by atoms with Gasteiger partial charge in [0.05, 0.1) is 19.8 Å². The highest BCUT2D eigenvalue weighted by Crippen LogP contribution is 2.45.